The maximum Gasteiger partial charge on any atom is 0.224 e. The Morgan fingerprint density at radius 2 is 1.75 bits per heavy atom. The van der Waals surface area contributed by atoms with Crippen LogP contribution < -0.4 is 5.32 Å². The Kier molecular flexibility index (Phi) is 4.41. The minimum absolute atomic E-state index is 0.0234. The molecule has 0 bridgehead atoms. The van der Waals surface area contributed by atoms with Crippen LogP contribution in [0.2, 0.25) is 0 Å². The van der Waals surface area contributed by atoms with E-state index in [4.69, 9.17) is 0 Å². The first-order valence-corrected chi connectivity index (χ1v) is 6.74. The molecule has 0 saturated heterocycles. The van der Waals surface area contributed by atoms with Gasteiger partial charge in [-0.05, 0) is 29.7 Å². The van der Waals surface area contributed by atoms with Crippen molar-refractivity contribution in [1.29, 1.82) is 0 Å². The fourth-order valence-corrected chi connectivity index (χ4v) is 2.03. The summed E-state index contributed by atoms with van der Waals surface area (Å²) in [6, 6.07) is 14.7. The van der Waals surface area contributed by atoms with Gasteiger partial charge in [0.2, 0.25) is 5.91 Å². The molecular weight excluding hydrogens is 250 g/mol. The van der Waals surface area contributed by atoms with E-state index < -0.39 is 0 Å². The number of amides is 1. The van der Waals surface area contributed by atoms with Crippen molar-refractivity contribution >= 4 is 11.6 Å². The van der Waals surface area contributed by atoms with Crippen molar-refractivity contribution in [2.45, 2.75) is 20.3 Å². The zero-order chi connectivity index (χ0) is 14.5. The third-order valence-corrected chi connectivity index (χ3v) is 2.98. The Morgan fingerprint density at radius 1 is 1.10 bits per heavy atom. The number of phenols is 1. The molecule has 3 heteroatoms. The molecule has 1 amide bonds. The van der Waals surface area contributed by atoms with Crippen LogP contribution in [-0.2, 0) is 4.79 Å². The lowest BCUT2D eigenvalue weighted by atomic mass is 10.0. The fraction of sp³-hybridized carbons (Fsp3) is 0.235. The maximum atomic E-state index is 11.7. The highest BCUT2D eigenvalue weighted by atomic mass is 16.3. The Balaban J connectivity index is 2.11. The molecule has 0 fully saturated rings. The molecule has 0 atom stereocenters. The predicted molar refractivity (Wildman–Crippen MR) is 81.6 cm³/mol. The Morgan fingerprint density at radius 3 is 2.35 bits per heavy atom. The molecule has 0 spiro atoms. The molecule has 3 nitrogen and oxygen atoms in total. The van der Waals surface area contributed by atoms with Gasteiger partial charge in [-0.3, -0.25) is 4.79 Å². The number of phenolic OH excluding ortho intramolecular Hbond substituents is 1. The summed E-state index contributed by atoms with van der Waals surface area (Å²) in [4.78, 5) is 11.7. The number of carbonyl (C=O) groups excluding carboxylic acids is 1. The molecule has 0 unspecified atom stereocenters. The van der Waals surface area contributed by atoms with Crippen molar-refractivity contribution in [1.82, 2.24) is 0 Å². The van der Waals surface area contributed by atoms with Crippen LogP contribution in [0.25, 0.3) is 11.1 Å². The lowest BCUT2D eigenvalue weighted by Gasteiger charge is -2.09. The molecule has 2 aromatic carbocycles. The largest absolute Gasteiger partial charge is 0.507 e. The molecule has 20 heavy (non-hydrogen) atoms. The average molecular weight is 269 g/mol. The van der Waals surface area contributed by atoms with E-state index in [-0.39, 0.29) is 11.7 Å². The van der Waals surface area contributed by atoms with Crippen LogP contribution in [0.3, 0.4) is 0 Å². The van der Waals surface area contributed by atoms with Crippen LogP contribution in [0.1, 0.15) is 20.3 Å². The second-order valence-corrected chi connectivity index (χ2v) is 5.24. The summed E-state index contributed by atoms with van der Waals surface area (Å²) in [5.41, 5.74) is 2.48. The number of aromatic hydroxyl groups is 1. The second-order valence-electron chi connectivity index (χ2n) is 5.24. The molecule has 2 rings (SSSR count). The van der Waals surface area contributed by atoms with E-state index in [2.05, 4.69) is 5.32 Å². The number of anilines is 1. The third kappa shape index (κ3) is 3.60. The van der Waals surface area contributed by atoms with Gasteiger partial charge in [0.1, 0.15) is 5.75 Å². The first-order chi connectivity index (χ1) is 9.56. The number of rotatable bonds is 4. The summed E-state index contributed by atoms with van der Waals surface area (Å²) < 4.78 is 0. The molecule has 0 aromatic heterocycles. The zero-order valence-electron chi connectivity index (χ0n) is 11.8. The van der Waals surface area contributed by atoms with Crippen molar-refractivity contribution in [2.24, 2.45) is 5.92 Å². The van der Waals surface area contributed by atoms with Crippen molar-refractivity contribution in [3.63, 3.8) is 0 Å². The SMILES string of the molecule is CC(C)CC(=O)Nc1ccc(-c2ccccc2O)cc1. The van der Waals surface area contributed by atoms with Gasteiger partial charge < -0.3 is 10.4 Å². The fourth-order valence-electron chi connectivity index (χ4n) is 2.03. The number of hydrogen-bond acceptors (Lipinski definition) is 2. The van der Waals surface area contributed by atoms with E-state index in [0.717, 1.165) is 16.8 Å². The molecule has 0 aliphatic rings. The standard InChI is InChI=1S/C17H19NO2/c1-12(2)11-17(20)18-14-9-7-13(8-10-14)15-5-3-4-6-16(15)19/h3-10,12,19H,11H2,1-2H3,(H,18,20). The van der Waals surface area contributed by atoms with E-state index in [0.29, 0.717) is 12.3 Å². The van der Waals surface area contributed by atoms with Crippen molar-refractivity contribution in [2.75, 3.05) is 5.32 Å². The van der Waals surface area contributed by atoms with Crippen LogP contribution in [0.15, 0.2) is 48.5 Å². The first-order valence-electron chi connectivity index (χ1n) is 6.74. The van der Waals surface area contributed by atoms with Gasteiger partial charge in [0.15, 0.2) is 0 Å². The van der Waals surface area contributed by atoms with Crippen molar-refractivity contribution in [3.05, 3.63) is 48.5 Å². The van der Waals surface area contributed by atoms with Crippen LogP contribution >= 0.6 is 0 Å². The molecule has 104 valence electrons. The summed E-state index contributed by atoms with van der Waals surface area (Å²) >= 11 is 0. The van der Waals surface area contributed by atoms with Gasteiger partial charge in [-0.2, -0.15) is 0 Å². The summed E-state index contributed by atoms with van der Waals surface area (Å²) in [6.07, 6.45) is 0.515. The second kappa shape index (κ2) is 6.24. The Hall–Kier alpha value is -2.29. The van der Waals surface area contributed by atoms with Gasteiger partial charge in [0, 0.05) is 17.7 Å². The average Bonchev–Trinajstić information content (AvgIpc) is 2.39. The molecular formula is C17H19NO2. The summed E-state index contributed by atoms with van der Waals surface area (Å²) in [5, 5.41) is 12.7. The Labute approximate surface area is 119 Å². The van der Waals surface area contributed by atoms with Gasteiger partial charge in [-0.15, -0.1) is 0 Å². The number of hydrogen-bond donors (Lipinski definition) is 2. The molecule has 0 heterocycles. The quantitative estimate of drug-likeness (QED) is 0.880. The molecule has 2 N–H and O–H groups in total. The zero-order valence-corrected chi connectivity index (χ0v) is 11.8. The molecule has 0 radical (unpaired) electrons. The molecule has 0 aliphatic heterocycles. The summed E-state index contributed by atoms with van der Waals surface area (Å²) in [7, 11) is 0. The van der Waals surface area contributed by atoms with Crippen molar-refractivity contribution < 1.29 is 9.90 Å². The Bertz CT molecular complexity index is 588. The van der Waals surface area contributed by atoms with Crippen molar-refractivity contribution in [3.8, 4) is 16.9 Å². The van der Waals surface area contributed by atoms with Crippen LogP contribution in [-0.4, -0.2) is 11.0 Å². The van der Waals surface area contributed by atoms with E-state index in [1.54, 1.807) is 12.1 Å². The van der Waals surface area contributed by atoms with Gasteiger partial charge in [-0.25, -0.2) is 0 Å². The minimum atomic E-state index is 0.0234. The van der Waals surface area contributed by atoms with Gasteiger partial charge in [0.05, 0.1) is 0 Å². The number of nitrogens with one attached hydrogen (secondary N) is 1. The van der Waals surface area contributed by atoms with E-state index >= 15 is 0 Å². The van der Waals surface area contributed by atoms with E-state index in [1.165, 1.54) is 0 Å². The van der Waals surface area contributed by atoms with Gasteiger partial charge in [-0.1, -0.05) is 44.2 Å². The lowest BCUT2D eigenvalue weighted by Crippen LogP contribution is -2.13. The summed E-state index contributed by atoms with van der Waals surface area (Å²) in [6.45, 7) is 4.03. The molecule has 0 saturated carbocycles. The third-order valence-electron chi connectivity index (χ3n) is 2.98. The van der Waals surface area contributed by atoms with E-state index in [9.17, 15) is 9.90 Å². The van der Waals surface area contributed by atoms with E-state index in [1.807, 2.05) is 50.2 Å². The minimum Gasteiger partial charge on any atom is -0.507 e. The van der Waals surface area contributed by atoms with Crippen LogP contribution in [0.4, 0.5) is 5.69 Å². The number of para-hydroxylation sites is 1. The highest BCUT2D eigenvalue weighted by Crippen LogP contribution is 2.29. The topological polar surface area (TPSA) is 49.3 Å². The normalized spacial score (nSPS) is 10.6. The highest BCUT2D eigenvalue weighted by Gasteiger charge is 2.06. The monoisotopic (exact) mass is 269 g/mol. The van der Waals surface area contributed by atoms with Crippen LogP contribution in [0.5, 0.6) is 5.75 Å². The number of benzene rings is 2. The highest BCUT2D eigenvalue weighted by molar-refractivity contribution is 5.91. The number of carbonyl (C=O) groups is 1. The van der Waals surface area contributed by atoms with Gasteiger partial charge >= 0.3 is 0 Å². The molecule has 2 aromatic rings. The summed E-state index contributed by atoms with van der Waals surface area (Å²) in [5.74, 6) is 0.620. The first kappa shape index (κ1) is 14.1. The van der Waals surface area contributed by atoms with Crippen LogP contribution in [0, 0.1) is 5.92 Å². The molecule has 0 aliphatic carbocycles. The smallest absolute Gasteiger partial charge is 0.224 e. The maximum absolute atomic E-state index is 11.7. The lowest BCUT2D eigenvalue weighted by molar-refractivity contribution is -0.116. The van der Waals surface area contributed by atoms with Gasteiger partial charge in [0.25, 0.3) is 0 Å². The predicted octanol–water partition coefficient (Wildman–Crippen LogP) is 4.04.